The Bertz CT molecular complexity index is 678. The molecule has 22 heavy (non-hydrogen) atoms. The number of halogens is 1. The van der Waals surface area contributed by atoms with E-state index in [4.69, 9.17) is 10.5 Å². The molecular formula is C14H20IN5O2. The number of fused-ring (bicyclic) bond motifs is 1. The number of anilines is 1. The number of rotatable bonds is 4. The zero-order valence-corrected chi connectivity index (χ0v) is 15.0. The maximum Gasteiger partial charge on any atom is 0.407 e. The van der Waals surface area contributed by atoms with E-state index in [0.29, 0.717) is 12.4 Å². The summed E-state index contributed by atoms with van der Waals surface area (Å²) in [6.45, 7) is 6.78. The van der Waals surface area contributed by atoms with Crippen LogP contribution < -0.4 is 11.1 Å². The smallest absolute Gasteiger partial charge is 0.407 e. The minimum atomic E-state index is -0.481. The molecule has 0 aliphatic rings. The highest BCUT2D eigenvalue weighted by Gasteiger charge is 2.15. The van der Waals surface area contributed by atoms with Crippen molar-refractivity contribution in [3.05, 3.63) is 16.1 Å². The summed E-state index contributed by atoms with van der Waals surface area (Å²) in [5.41, 5.74) is 6.21. The minimum Gasteiger partial charge on any atom is -0.444 e. The Labute approximate surface area is 142 Å². The Morgan fingerprint density at radius 2 is 2.18 bits per heavy atom. The van der Waals surface area contributed by atoms with Gasteiger partial charge in [-0.1, -0.05) is 0 Å². The van der Waals surface area contributed by atoms with Gasteiger partial charge >= 0.3 is 6.09 Å². The van der Waals surface area contributed by atoms with Crippen LogP contribution in [0.25, 0.3) is 11.0 Å². The second-order valence-corrected chi connectivity index (χ2v) is 7.07. The van der Waals surface area contributed by atoms with Gasteiger partial charge in [0.1, 0.15) is 23.4 Å². The Morgan fingerprint density at radius 1 is 1.45 bits per heavy atom. The standard InChI is InChI=1S/C14H20IN5O2/c1-14(2,3)22-13(21)17-5-4-6-20-7-9(15)10-11(16)18-8-19-12(10)20/h7-8H,4-6H2,1-3H3,(H,17,21)(H2,16,18,19). The third kappa shape index (κ3) is 4.21. The van der Waals surface area contributed by atoms with E-state index in [1.807, 2.05) is 31.5 Å². The molecule has 2 rings (SSSR count). The molecule has 0 aliphatic carbocycles. The Hall–Kier alpha value is -1.58. The van der Waals surface area contributed by atoms with Crippen LogP contribution in [0.15, 0.2) is 12.5 Å². The van der Waals surface area contributed by atoms with Gasteiger partial charge < -0.3 is 20.4 Å². The second kappa shape index (κ2) is 6.67. The van der Waals surface area contributed by atoms with Crippen LogP contribution in [0, 0.1) is 3.57 Å². The topological polar surface area (TPSA) is 95.1 Å². The summed E-state index contributed by atoms with van der Waals surface area (Å²) in [5.74, 6) is 0.486. The molecule has 2 heterocycles. The molecule has 0 radical (unpaired) electrons. The summed E-state index contributed by atoms with van der Waals surface area (Å²) in [5, 5.41) is 3.62. The first kappa shape index (κ1) is 16.8. The van der Waals surface area contributed by atoms with Crippen LogP contribution in [0.1, 0.15) is 27.2 Å². The molecule has 0 fully saturated rings. The third-order valence-corrected chi connectivity index (χ3v) is 3.70. The van der Waals surface area contributed by atoms with Crippen LogP contribution in [0.4, 0.5) is 10.6 Å². The molecule has 3 N–H and O–H groups in total. The van der Waals surface area contributed by atoms with E-state index >= 15 is 0 Å². The quantitative estimate of drug-likeness (QED) is 0.589. The fourth-order valence-corrected chi connectivity index (χ4v) is 2.88. The fourth-order valence-electron chi connectivity index (χ4n) is 2.02. The van der Waals surface area contributed by atoms with Gasteiger partial charge in [0, 0.05) is 22.9 Å². The van der Waals surface area contributed by atoms with Gasteiger partial charge in [-0.15, -0.1) is 0 Å². The molecule has 0 unspecified atom stereocenters. The molecule has 0 spiro atoms. The van der Waals surface area contributed by atoms with Crippen LogP contribution >= 0.6 is 22.6 Å². The highest BCUT2D eigenvalue weighted by molar-refractivity contribution is 14.1. The van der Waals surface area contributed by atoms with E-state index in [0.717, 1.165) is 27.6 Å². The van der Waals surface area contributed by atoms with Crippen molar-refractivity contribution in [2.24, 2.45) is 0 Å². The number of aryl methyl sites for hydroxylation is 1. The van der Waals surface area contributed by atoms with Gasteiger partial charge in [-0.05, 0) is 49.8 Å². The third-order valence-electron chi connectivity index (χ3n) is 2.88. The number of carbonyl (C=O) groups excluding carboxylic acids is 1. The molecule has 0 aliphatic heterocycles. The van der Waals surface area contributed by atoms with E-state index in [1.54, 1.807) is 0 Å². The SMILES string of the molecule is CC(C)(C)OC(=O)NCCCn1cc(I)c2c(N)ncnc21. The number of aromatic nitrogens is 3. The van der Waals surface area contributed by atoms with Gasteiger partial charge in [-0.2, -0.15) is 0 Å². The molecule has 7 nitrogen and oxygen atoms in total. The summed E-state index contributed by atoms with van der Waals surface area (Å²) >= 11 is 2.22. The molecule has 2 aromatic rings. The van der Waals surface area contributed by atoms with Crippen molar-refractivity contribution >= 4 is 45.5 Å². The Kier molecular flexibility index (Phi) is 5.09. The normalized spacial score (nSPS) is 11.6. The number of ether oxygens (including phenoxy) is 1. The molecule has 1 amide bonds. The van der Waals surface area contributed by atoms with Gasteiger partial charge in [0.15, 0.2) is 0 Å². The van der Waals surface area contributed by atoms with E-state index in [1.165, 1.54) is 6.33 Å². The Balaban J connectivity index is 1.91. The van der Waals surface area contributed by atoms with Gasteiger partial charge in [0.25, 0.3) is 0 Å². The number of alkyl carbamates (subject to hydrolysis) is 1. The number of hydrogen-bond donors (Lipinski definition) is 2. The van der Waals surface area contributed by atoms with Crippen molar-refractivity contribution in [2.45, 2.75) is 39.3 Å². The van der Waals surface area contributed by atoms with Crippen molar-refractivity contribution in [1.82, 2.24) is 19.9 Å². The molecule has 0 saturated carbocycles. The Morgan fingerprint density at radius 3 is 2.86 bits per heavy atom. The van der Waals surface area contributed by atoms with E-state index in [9.17, 15) is 4.79 Å². The van der Waals surface area contributed by atoms with E-state index in [2.05, 4.69) is 37.9 Å². The average Bonchev–Trinajstić information content (AvgIpc) is 2.71. The number of amides is 1. The van der Waals surface area contributed by atoms with Crippen LogP contribution in [0.5, 0.6) is 0 Å². The molecule has 0 atom stereocenters. The minimum absolute atomic E-state index is 0.397. The lowest BCUT2D eigenvalue weighted by molar-refractivity contribution is 0.0527. The van der Waals surface area contributed by atoms with Gasteiger partial charge in [-0.25, -0.2) is 14.8 Å². The number of nitrogens with zero attached hydrogens (tertiary/aromatic N) is 3. The lowest BCUT2D eigenvalue weighted by Crippen LogP contribution is -2.33. The fraction of sp³-hybridized carbons (Fsp3) is 0.500. The lowest BCUT2D eigenvalue weighted by Gasteiger charge is -2.19. The van der Waals surface area contributed by atoms with Crippen molar-refractivity contribution < 1.29 is 9.53 Å². The van der Waals surface area contributed by atoms with Gasteiger partial charge in [-0.3, -0.25) is 0 Å². The number of nitrogens with one attached hydrogen (secondary N) is 1. The van der Waals surface area contributed by atoms with Crippen LogP contribution in [0.2, 0.25) is 0 Å². The highest BCUT2D eigenvalue weighted by Crippen LogP contribution is 2.25. The zero-order valence-electron chi connectivity index (χ0n) is 12.9. The molecular weight excluding hydrogens is 397 g/mol. The predicted octanol–water partition coefficient (Wildman–Crippen LogP) is 2.53. The van der Waals surface area contributed by atoms with E-state index < -0.39 is 11.7 Å². The molecule has 8 heteroatoms. The molecule has 120 valence electrons. The van der Waals surface area contributed by atoms with Gasteiger partial charge in [0.2, 0.25) is 0 Å². The summed E-state index contributed by atoms with van der Waals surface area (Å²) in [6.07, 6.45) is 3.82. The first-order chi connectivity index (χ1) is 10.3. The highest BCUT2D eigenvalue weighted by atomic mass is 127. The largest absolute Gasteiger partial charge is 0.444 e. The summed E-state index contributed by atoms with van der Waals surface area (Å²) in [7, 11) is 0. The average molecular weight is 417 g/mol. The summed E-state index contributed by atoms with van der Waals surface area (Å²) in [4.78, 5) is 19.8. The monoisotopic (exact) mass is 417 g/mol. The van der Waals surface area contributed by atoms with Gasteiger partial charge in [0.05, 0.1) is 5.39 Å². The van der Waals surface area contributed by atoms with Crippen molar-refractivity contribution in [3.8, 4) is 0 Å². The molecule has 2 aromatic heterocycles. The maximum atomic E-state index is 11.6. The first-order valence-electron chi connectivity index (χ1n) is 6.99. The van der Waals surface area contributed by atoms with Crippen LogP contribution in [-0.4, -0.2) is 32.8 Å². The molecule has 0 aromatic carbocycles. The van der Waals surface area contributed by atoms with Crippen LogP contribution in [-0.2, 0) is 11.3 Å². The predicted molar refractivity (Wildman–Crippen MR) is 93.5 cm³/mol. The molecule has 0 saturated heterocycles. The lowest BCUT2D eigenvalue weighted by atomic mass is 10.2. The van der Waals surface area contributed by atoms with Crippen molar-refractivity contribution in [2.75, 3.05) is 12.3 Å². The first-order valence-corrected chi connectivity index (χ1v) is 8.07. The number of hydrogen-bond acceptors (Lipinski definition) is 5. The number of carbonyl (C=O) groups is 1. The van der Waals surface area contributed by atoms with Crippen molar-refractivity contribution in [1.29, 1.82) is 0 Å². The number of nitrogen functional groups attached to an aromatic ring is 1. The number of nitrogens with two attached hydrogens (primary N) is 1. The summed E-state index contributed by atoms with van der Waals surface area (Å²) in [6, 6.07) is 0. The van der Waals surface area contributed by atoms with Crippen LogP contribution in [0.3, 0.4) is 0 Å². The van der Waals surface area contributed by atoms with Crippen molar-refractivity contribution in [3.63, 3.8) is 0 Å². The van der Waals surface area contributed by atoms with E-state index in [-0.39, 0.29) is 0 Å². The summed E-state index contributed by atoms with van der Waals surface area (Å²) < 4.78 is 8.22. The second-order valence-electron chi connectivity index (χ2n) is 5.91. The zero-order chi connectivity index (χ0) is 16.3. The molecule has 0 bridgehead atoms. The maximum absolute atomic E-state index is 11.6.